The highest BCUT2D eigenvalue weighted by atomic mass is 32.2. The number of carbonyl (C=O) groups excluding carboxylic acids is 2. The number of carbonyl (C=O) groups is 2. The topological polar surface area (TPSA) is 49.4 Å². The maximum Gasteiger partial charge on any atom is 0.249 e. The Labute approximate surface area is 132 Å². The van der Waals surface area contributed by atoms with Gasteiger partial charge in [0, 0.05) is 12.3 Å². The Morgan fingerprint density at radius 1 is 1.24 bits per heavy atom. The summed E-state index contributed by atoms with van der Waals surface area (Å²) in [6.45, 7) is 6.78. The predicted octanol–water partition coefficient (Wildman–Crippen LogP) is 2.43. The Bertz CT molecular complexity index is 411. The lowest BCUT2D eigenvalue weighted by Gasteiger charge is -2.51. The molecule has 0 aromatic rings. The number of hydrogen-bond acceptors (Lipinski definition) is 3. The maximum absolute atomic E-state index is 13.1. The molecule has 1 atom stereocenters. The van der Waals surface area contributed by atoms with E-state index in [4.69, 9.17) is 0 Å². The van der Waals surface area contributed by atoms with E-state index in [0.29, 0.717) is 6.54 Å². The number of rotatable bonds is 3. The molecule has 0 aromatic heterocycles. The third-order valence-electron chi connectivity index (χ3n) is 4.66. The molecule has 2 aliphatic rings. The van der Waals surface area contributed by atoms with Crippen molar-refractivity contribution in [1.29, 1.82) is 0 Å². The Kier molecular flexibility index (Phi) is 4.91. The highest BCUT2D eigenvalue weighted by Gasteiger charge is 2.53. The van der Waals surface area contributed by atoms with Crippen molar-refractivity contribution in [3.05, 3.63) is 0 Å². The van der Waals surface area contributed by atoms with Crippen LogP contribution in [-0.4, -0.2) is 46.8 Å². The molecule has 0 bridgehead atoms. The van der Waals surface area contributed by atoms with E-state index in [1.54, 1.807) is 11.8 Å². The molecule has 1 spiro atoms. The van der Waals surface area contributed by atoms with Crippen molar-refractivity contribution in [1.82, 2.24) is 10.2 Å². The van der Waals surface area contributed by atoms with E-state index in [1.807, 2.05) is 31.9 Å². The number of amides is 2. The predicted molar refractivity (Wildman–Crippen MR) is 87.3 cm³/mol. The Hall–Kier alpha value is -0.710. The molecule has 0 radical (unpaired) electrons. The molecule has 5 heteroatoms. The van der Waals surface area contributed by atoms with Gasteiger partial charge in [0.05, 0.1) is 0 Å². The number of thioether (sulfide) groups is 1. The highest BCUT2D eigenvalue weighted by Crippen LogP contribution is 2.37. The van der Waals surface area contributed by atoms with Gasteiger partial charge in [-0.05, 0) is 24.5 Å². The van der Waals surface area contributed by atoms with E-state index in [-0.39, 0.29) is 23.3 Å². The minimum Gasteiger partial charge on any atom is -0.340 e. The molecule has 1 saturated heterocycles. The molecule has 1 aliphatic heterocycles. The average Bonchev–Trinajstić information content (AvgIpc) is 2.40. The number of hydrogen-bond donors (Lipinski definition) is 1. The van der Waals surface area contributed by atoms with Gasteiger partial charge < -0.3 is 10.2 Å². The van der Waals surface area contributed by atoms with Gasteiger partial charge >= 0.3 is 0 Å². The molecule has 2 amide bonds. The van der Waals surface area contributed by atoms with Crippen molar-refractivity contribution in [2.75, 3.05) is 18.6 Å². The molecule has 1 saturated carbocycles. The molecule has 4 nitrogen and oxygen atoms in total. The zero-order valence-electron chi connectivity index (χ0n) is 13.7. The maximum atomic E-state index is 13.1. The normalized spacial score (nSPS) is 26.1. The average molecular weight is 312 g/mol. The van der Waals surface area contributed by atoms with Crippen LogP contribution in [0, 0.1) is 5.41 Å². The van der Waals surface area contributed by atoms with Crippen LogP contribution < -0.4 is 5.32 Å². The molecule has 21 heavy (non-hydrogen) atoms. The van der Waals surface area contributed by atoms with Crippen molar-refractivity contribution in [3.8, 4) is 0 Å². The van der Waals surface area contributed by atoms with Gasteiger partial charge in [0.15, 0.2) is 0 Å². The largest absolute Gasteiger partial charge is 0.340 e. The first-order valence-electron chi connectivity index (χ1n) is 7.94. The van der Waals surface area contributed by atoms with Crippen molar-refractivity contribution >= 4 is 23.6 Å². The van der Waals surface area contributed by atoms with Crippen LogP contribution in [0.5, 0.6) is 0 Å². The van der Waals surface area contributed by atoms with Crippen LogP contribution in [0.1, 0.15) is 52.9 Å². The van der Waals surface area contributed by atoms with Crippen molar-refractivity contribution in [2.45, 2.75) is 64.5 Å². The minimum atomic E-state index is -0.616. The lowest BCUT2D eigenvalue weighted by molar-refractivity contribution is -0.160. The first kappa shape index (κ1) is 16.7. The van der Waals surface area contributed by atoms with E-state index in [9.17, 15) is 9.59 Å². The Morgan fingerprint density at radius 3 is 2.38 bits per heavy atom. The molecule has 2 rings (SSSR count). The van der Waals surface area contributed by atoms with Gasteiger partial charge in [-0.3, -0.25) is 9.59 Å². The van der Waals surface area contributed by atoms with Crippen molar-refractivity contribution in [2.24, 2.45) is 5.41 Å². The Balaban J connectivity index is 2.31. The van der Waals surface area contributed by atoms with E-state index in [2.05, 4.69) is 5.32 Å². The zero-order valence-corrected chi connectivity index (χ0v) is 14.5. The summed E-state index contributed by atoms with van der Waals surface area (Å²) in [4.78, 5) is 27.7. The first-order chi connectivity index (χ1) is 9.82. The summed E-state index contributed by atoms with van der Waals surface area (Å²) >= 11 is 1.72. The van der Waals surface area contributed by atoms with Crippen LogP contribution in [-0.2, 0) is 9.59 Å². The van der Waals surface area contributed by atoms with Crippen LogP contribution >= 0.6 is 11.8 Å². The van der Waals surface area contributed by atoms with Gasteiger partial charge in [-0.25, -0.2) is 0 Å². The second-order valence-electron chi connectivity index (χ2n) is 7.39. The molecular formula is C16H28N2O2S. The second kappa shape index (κ2) is 6.19. The smallest absolute Gasteiger partial charge is 0.249 e. The van der Waals surface area contributed by atoms with Gasteiger partial charge in [-0.15, -0.1) is 0 Å². The molecule has 0 aromatic carbocycles. The standard InChI is InChI=1S/C16H28N2O2S/c1-15(2,3)12-13(19)17-16(8-6-5-7-9-16)14(20)18(12)10-11-21-4/h12H,5-11H2,1-4H3,(H,17,19). The van der Waals surface area contributed by atoms with E-state index < -0.39 is 5.54 Å². The van der Waals surface area contributed by atoms with Gasteiger partial charge in [-0.2, -0.15) is 11.8 Å². The van der Waals surface area contributed by atoms with Crippen molar-refractivity contribution < 1.29 is 9.59 Å². The molecule has 1 aliphatic carbocycles. The number of piperazine rings is 1. The quantitative estimate of drug-likeness (QED) is 0.871. The minimum absolute atomic E-state index is 0.0325. The summed E-state index contributed by atoms with van der Waals surface area (Å²) in [7, 11) is 0. The molecule has 1 N–H and O–H groups in total. The van der Waals surface area contributed by atoms with Gasteiger partial charge in [0.2, 0.25) is 11.8 Å². The fraction of sp³-hybridized carbons (Fsp3) is 0.875. The SMILES string of the molecule is CSCCN1C(=O)C2(CCCCC2)NC(=O)C1C(C)(C)C. The highest BCUT2D eigenvalue weighted by molar-refractivity contribution is 7.98. The first-order valence-corrected chi connectivity index (χ1v) is 9.33. The molecule has 120 valence electrons. The number of nitrogens with one attached hydrogen (secondary N) is 1. The summed E-state index contributed by atoms with van der Waals surface area (Å²) in [6, 6.07) is -0.357. The van der Waals surface area contributed by atoms with E-state index >= 15 is 0 Å². The van der Waals surface area contributed by atoms with Crippen molar-refractivity contribution in [3.63, 3.8) is 0 Å². The summed E-state index contributed by atoms with van der Waals surface area (Å²) in [5, 5.41) is 3.11. The summed E-state index contributed by atoms with van der Waals surface area (Å²) in [5.74, 6) is 1.06. The van der Waals surface area contributed by atoms with Crippen LogP contribution in [0.4, 0.5) is 0 Å². The van der Waals surface area contributed by atoms with Gasteiger partial charge in [-0.1, -0.05) is 40.0 Å². The van der Waals surface area contributed by atoms with E-state index in [0.717, 1.165) is 31.4 Å². The Morgan fingerprint density at radius 2 is 1.86 bits per heavy atom. The second-order valence-corrected chi connectivity index (χ2v) is 8.38. The van der Waals surface area contributed by atoms with Gasteiger partial charge in [0.1, 0.15) is 11.6 Å². The molecule has 1 heterocycles. The fourth-order valence-corrected chi connectivity index (χ4v) is 4.05. The monoisotopic (exact) mass is 312 g/mol. The van der Waals surface area contributed by atoms with Gasteiger partial charge in [0.25, 0.3) is 0 Å². The van der Waals surface area contributed by atoms with E-state index in [1.165, 1.54) is 6.42 Å². The van der Waals surface area contributed by atoms with Crippen LogP contribution in [0.2, 0.25) is 0 Å². The summed E-state index contributed by atoms with van der Waals surface area (Å²) in [5.41, 5.74) is -0.857. The molecule has 1 unspecified atom stereocenters. The zero-order chi connectivity index (χ0) is 15.7. The van der Waals surface area contributed by atoms with Crippen LogP contribution in [0.25, 0.3) is 0 Å². The molecule has 2 fully saturated rings. The summed E-state index contributed by atoms with van der Waals surface area (Å²) in [6.07, 6.45) is 6.86. The van der Waals surface area contributed by atoms with Crippen LogP contribution in [0.3, 0.4) is 0 Å². The lowest BCUT2D eigenvalue weighted by Crippen LogP contribution is -2.73. The third-order valence-corrected chi connectivity index (χ3v) is 5.25. The van der Waals surface area contributed by atoms with Crippen LogP contribution in [0.15, 0.2) is 0 Å². The number of nitrogens with zero attached hydrogens (tertiary/aromatic N) is 1. The fourth-order valence-electron chi connectivity index (χ4n) is 3.67. The third kappa shape index (κ3) is 3.22. The summed E-state index contributed by atoms with van der Waals surface area (Å²) < 4.78 is 0. The lowest BCUT2D eigenvalue weighted by atomic mass is 9.75. The molecular weight excluding hydrogens is 284 g/mol.